The maximum absolute atomic E-state index is 13.0. The Kier molecular flexibility index (Phi) is 5.75. The third kappa shape index (κ3) is 3.97. The van der Waals surface area contributed by atoms with Crippen LogP contribution in [-0.2, 0) is 19.2 Å². The Morgan fingerprint density at radius 1 is 1.30 bits per heavy atom. The molecule has 6 N–H and O–H groups in total. The second kappa shape index (κ2) is 7.98. The number of amides is 3. The summed E-state index contributed by atoms with van der Waals surface area (Å²) < 4.78 is -0.708. The second-order valence-corrected chi connectivity index (χ2v) is 9.47. The van der Waals surface area contributed by atoms with Crippen molar-refractivity contribution in [1.82, 2.24) is 15.5 Å². The lowest BCUT2D eigenvalue weighted by Gasteiger charge is -2.44. The zero-order valence-electron chi connectivity index (χ0n) is 16.4. The fraction of sp³-hybridized carbons (Fsp3) is 0.421. The molecule has 30 heavy (non-hydrogen) atoms. The quantitative estimate of drug-likeness (QED) is 0.226. The molecule has 0 radical (unpaired) electrons. The molecule has 0 bridgehead atoms. The zero-order chi connectivity index (χ0) is 22.2. The van der Waals surface area contributed by atoms with Crippen LogP contribution in [0.3, 0.4) is 0 Å². The van der Waals surface area contributed by atoms with E-state index in [-0.39, 0.29) is 12.3 Å². The van der Waals surface area contributed by atoms with Crippen molar-refractivity contribution in [3.63, 3.8) is 0 Å². The maximum atomic E-state index is 13.0. The van der Waals surface area contributed by atoms with Crippen molar-refractivity contribution in [3.05, 3.63) is 35.9 Å². The standard InChI is InChI=1S/C19H23N5O5S/c1-19(2)14(18(28)29)24-16(27)13(17(24)30-19)23-15(26)12(9-6-4-3-5-7-9)22-11(25)8-10(20)21/h3-7,12-14,17H,8H2,1-2H3,(H3,20,21)(H,22,25)(H,23,26)(H,28,29)/t12?,13-,14+,17-/m1/s1. The van der Waals surface area contributed by atoms with E-state index in [2.05, 4.69) is 10.6 Å². The number of β-lactam (4-membered cyclic amide) rings is 1. The highest BCUT2D eigenvalue weighted by molar-refractivity contribution is 8.01. The van der Waals surface area contributed by atoms with Crippen LogP contribution in [0, 0.1) is 5.41 Å². The van der Waals surface area contributed by atoms with E-state index in [1.165, 1.54) is 16.7 Å². The summed E-state index contributed by atoms with van der Waals surface area (Å²) >= 11 is 1.32. The fourth-order valence-electron chi connectivity index (χ4n) is 3.71. The number of nitrogens with zero attached hydrogens (tertiary/aromatic N) is 1. The number of nitrogens with two attached hydrogens (primary N) is 1. The molecule has 0 spiro atoms. The van der Waals surface area contributed by atoms with Crippen molar-refractivity contribution in [2.75, 3.05) is 0 Å². The van der Waals surface area contributed by atoms with Crippen LogP contribution in [0.25, 0.3) is 0 Å². The number of carboxylic acid groups (broad SMARTS) is 1. The minimum atomic E-state index is -1.09. The van der Waals surface area contributed by atoms with Gasteiger partial charge < -0.3 is 26.4 Å². The summed E-state index contributed by atoms with van der Waals surface area (Å²) in [4.78, 5) is 50.6. The van der Waals surface area contributed by atoms with Gasteiger partial charge in [0.15, 0.2) is 0 Å². The van der Waals surface area contributed by atoms with E-state index >= 15 is 0 Å². The molecule has 2 fully saturated rings. The fourth-order valence-corrected chi connectivity index (χ4v) is 5.34. The Morgan fingerprint density at radius 3 is 2.50 bits per heavy atom. The van der Waals surface area contributed by atoms with E-state index in [4.69, 9.17) is 11.1 Å². The van der Waals surface area contributed by atoms with Gasteiger partial charge in [-0.3, -0.25) is 19.8 Å². The normalized spacial score (nSPS) is 24.9. The summed E-state index contributed by atoms with van der Waals surface area (Å²) in [6, 6.07) is 5.52. The first-order chi connectivity index (χ1) is 14.0. The predicted molar refractivity (Wildman–Crippen MR) is 110 cm³/mol. The van der Waals surface area contributed by atoms with Crippen LogP contribution >= 0.6 is 11.8 Å². The molecule has 0 saturated carbocycles. The molecule has 3 rings (SSSR count). The van der Waals surface area contributed by atoms with Crippen LogP contribution in [0.15, 0.2) is 30.3 Å². The van der Waals surface area contributed by atoms with E-state index in [1.807, 2.05) is 0 Å². The highest BCUT2D eigenvalue weighted by Gasteiger charge is 2.64. The van der Waals surface area contributed by atoms with Crippen LogP contribution in [-0.4, -0.2) is 61.7 Å². The zero-order valence-corrected chi connectivity index (χ0v) is 17.2. The largest absolute Gasteiger partial charge is 0.480 e. The van der Waals surface area contributed by atoms with Crippen molar-refractivity contribution in [2.24, 2.45) is 5.73 Å². The Hall–Kier alpha value is -3.08. The molecule has 4 atom stereocenters. The van der Waals surface area contributed by atoms with Gasteiger partial charge in [-0.05, 0) is 19.4 Å². The highest BCUT2D eigenvalue weighted by atomic mass is 32.2. The number of carboxylic acids is 1. The molecule has 2 aliphatic rings. The van der Waals surface area contributed by atoms with E-state index in [1.54, 1.807) is 44.2 Å². The van der Waals surface area contributed by atoms with Crippen LogP contribution in [0.4, 0.5) is 0 Å². The van der Waals surface area contributed by atoms with Gasteiger partial charge >= 0.3 is 5.97 Å². The third-order valence-electron chi connectivity index (χ3n) is 5.02. The molecule has 1 unspecified atom stereocenters. The monoisotopic (exact) mass is 433 g/mol. The number of carbonyl (C=O) groups excluding carboxylic acids is 3. The first-order valence-corrected chi connectivity index (χ1v) is 10.1. The Morgan fingerprint density at radius 2 is 1.93 bits per heavy atom. The van der Waals surface area contributed by atoms with Crippen LogP contribution < -0.4 is 16.4 Å². The number of hydrogen-bond donors (Lipinski definition) is 5. The van der Waals surface area contributed by atoms with Crippen molar-refractivity contribution in [2.45, 2.75) is 48.5 Å². The van der Waals surface area contributed by atoms with Crippen molar-refractivity contribution >= 4 is 41.3 Å². The summed E-state index contributed by atoms with van der Waals surface area (Å²) in [5, 5.41) is 21.4. The summed E-state index contributed by atoms with van der Waals surface area (Å²) in [5.41, 5.74) is 5.75. The van der Waals surface area contributed by atoms with Crippen LogP contribution in [0.1, 0.15) is 31.9 Å². The van der Waals surface area contributed by atoms with Crippen molar-refractivity contribution in [1.29, 1.82) is 5.41 Å². The molecule has 3 amide bonds. The smallest absolute Gasteiger partial charge is 0.327 e. The van der Waals surface area contributed by atoms with Gasteiger partial charge in [-0.15, -0.1) is 11.8 Å². The molecule has 10 nitrogen and oxygen atoms in total. The van der Waals surface area contributed by atoms with Gasteiger partial charge in [0.1, 0.15) is 23.5 Å². The SMILES string of the molecule is CC1(C)S[C@@H]2[C@H](NC(=O)C(NC(=O)CC(=N)N)c3ccccc3)C(=O)N2[C@H]1C(=O)O. The Labute approximate surface area is 177 Å². The molecule has 1 aromatic carbocycles. The van der Waals surface area contributed by atoms with Crippen LogP contribution in [0.5, 0.6) is 0 Å². The van der Waals surface area contributed by atoms with E-state index in [9.17, 15) is 24.3 Å². The summed E-state index contributed by atoms with van der Waals surface area (Å²) in [6.07, 6.45) is -0.361. The number of nitrogens with one attached hydrogen (secondary N) is 3. The number of benzene rings is 1. The minimum Gasteiger partial charge on any atom is -0.480 e. The third-order valence-corrected chi connectivity index (χ3v) is 6.60. The lowest BCUT2D eigenvalue weighted by molar-refractivity contribution is -0.161. The highest BCUT2D eigenvalue weighted by Crippen LogP contribution is 2.50. The molecule has 2 saturated heterocycles. The lowest BCUT2D eigenvalue weighted by atomic mass is 9.95. The number of rotatable bonds is 7. The average Bonchev–Trinajstić information content (AvgIpc) is 2.92. The van der Waals surface area contributed by atoms with Gasteiger partial charge in [0.05, 0.1) is 12.3 Å². The molecule has 0 aromatic heterocycles. The molecule has 2 aliphatic heterocycles. The molecule has 11 heteroatoms. The van der Waals surface area contributed by atoms with Gasteiger partial charge in [-0.2, -0.15) is 0 Å². The minimum absolute atomic E-state index is 0.339. The molecule has 2 heterocycles. The number of aliphatic carboxylic acids is 1. The number of fused-ring (bicyclic) bond motifs is 1. The molecular formula is C19H23N5O5S. The van der Waals surface area contributed by atoms with Gasteiger partial charge in [-0.1, -0.05) is 30.3 Å². The first-order valence-electron chi connectivity index (χ1n) is 9.23. The van der Waals surface area contributed by atoms with Crippen molar-refractivity contribution < 1.29 is 24.3 Å². The second-order valence-electron chi connectivity index (χ2n) is 7.70. The summed E-state index contributed by atoms with van der Waals surface area (Å²) in [7, 11) is 0. The van der Waals surface area contributed by atoms with Gasteiger partial charge in [0.25, 0.3) is 0 Å². The number of amidine groups is 1. The van der Waals surface area contributed by atoms with Gasteiger partial charge in [0.2, 0.25) is 17.7 Å². The van der Waals surface area contributed by atoms with E-state index in [0.29, 0.717) is 5.56 Å². The number of hydrogen-bond acceptors (Lipinski definition) is 6. The Bertz CT molecular complexity index is 906. The number of thioether (sulfide) groups is 1. The predicted octanol–water partition coefficient (Wildman–Crippen LogP) is -0.198. The van der Waals surface area contributed by atoms with E-state index < -0.39 is 51.9 Å². The lowest BCUT2D eigenvalue weighted by Crippen LogP contribution is -2.71. The molecule has 0 aliphatic carbocycles. The molecule has 160 valence electrons. The summed E-state index contributed by atoms with van der Waals surface area (Å²) in [6.45, 7) is 3.49. The average molecular weight is 433 g/mol. The number of carbonyl (C=O) groups is 4. The summed E-state index contributed by atoms with van der Waals surface area (Å²) in [5.74, 6) is -3.11. The molecular weight excluding hydrogens is 410 g/mol. The van der Waals surface area contributed by atoms with Gasteiger partial charge in [-0.25, -0.2) is 4.79 Å². The Balaban J connectivity index is 1.77. The topological polar surface area (TPSA) is 166 Å². The van der Waals surface area contributed by atoms with Gasteiger partial charge in [0, 0.05) is 4.75 Å². The first kappa shape index (κ1) is 21.6. The maximum Gasteiger partial charge on any atom is 0.327 e. The van der Waals surface area contributed by atoms with Crippen molar-refractivity contribution in [3.8, 4) is 0 Å². The van der Waals surface area contributed by atoms with E-state index in [0.717, 1.165) is 0 Å². The molecule has 1 aromatic rings. The van der Waals surface area contributed by atoms with Crippen LogP contribution in [0.2, 0.25) is 0 Å².